The highest BCUT2D eigenvalue weighted by molar-refractivity contribution is 5.59. The number of ether oxygens (including phenoxy) is 1. The summed E-state index contributed by atoms with van der Waals surface area (Å²) in [5.41, 5.74) is -1.09. The molecule has 0 bridgehead atoms. The Morgan fingerprint density at radius 2 is 1.63 bits per heavy atom. The van der Waals surface area contributed by atoms with Gasteiger partial charge >= 0.3 is 0 Å². The summed E-state index contributed by atoms with van der Waals surface area (Å²) >= 11 is 0. The number of hydrogen-bond donors (Lipinski definition) is 1. The molecule has 0 aliphatic carbocycles. The normalized spacial score (nSPS) is 10.6. The first kappa shape index (κ1) is 13.1. The van der Waals surface area contributed by atoms with Crippen LogP contribution in [0, 0.1) is 23.3 Å². The Hall–Kier alpha value is -2.32. The lowest BCUT2D eigenvalue weighted by Crippen LogP contribution is -2.04. The molecule has 1 aromatic heterocycles. The van der Waals surface area contributed by atoms with Gasteiger partial charge in [0.25, 0.3) is 11.8 Å². The lowest BCUT2D eigenvalue weighted by Gasteiger charge is -2.08. The lowest BCUT2D eigenvalue weighted by atomic mass is 10.1. The molecule has 9 heteroatoms. The Labute approximate surface area is 104 Å². The topological polar surface area (TPSA) is 60.2 Å². The van der Waals surface area contributed by atoms with Gasteiger partial charge in [0.1, 0.15) is 5.56 Å². The van der Waals surface area contributed by atoms with Gasteiger partial charge in [0, 0.05) is 7.05 Å². The number of halogens is 4. The third-order valence-electron chi connectivity index (χ3n) is 2.29. The average molecular weight is 277 g/mol. The van der Waals surface area contributed by atoms with E-state index in [1.807, 2.05) is 0 Å². The van der Waals surface area contributed by atoms with Gasteiger partial charge in [-0.1, -0.05) is 0 Å². The van der Waals surface area contributed by atoms with Gasteiger partial charge in [-0.2, -0.15) is 13.8 Å². The predicted molar refractivity (Wildman–Crippen MR) is 55.7 cm³/mol. The minimum absolute atomic E-state index is 0.0922. The summed E-state index contributed by atoms with van der Waals surface area (Å²) in [5.74, 6) is -8.66. The van der Waals surface area contributed by atoms with Crippen molar-refractivity contribution >= 4 is 5.95 Å². The Balaban J connectivity index is 2.70. The van der Waals surface area contributed by atoms with Crippen LogP contribution in [0.15, 0.2) is 4.52 Å². The second kappa shape index (κ2) is 4.75. The minimum Gasteiger partial charge on any atom is -0.491 e. The van der Waals surface area contributed by atoms with E-state index in [2.05, 4.69) is 24.7 Å². The molecule has 0 saturated carbocycles. The van der Waals surface area contributed by atoms with Crippen molar-refractivity contribution in [3.8, 4) is 17.2 Å². The summed E-state index contributed by atoms with van der Waals surface area (Å²) in [7, 11) is 2.31. The van der Waals surface area contributed by atoms with Gasteiger partial charge in [-0.05, 0) is 5.16 Å². The zero-order chi connectivity index (χ0) is 14.2. The first-order valence-corrected chi connectivity index (χ1v) is 4.93. The largest absolute Gasteiger partial charge is 0.491 e. The molecule has 102 valence electrons. The van der Waals surface area contributed by atoms with Gasteiger partial charge in [-0.25, -0.2) is 8.78 Å². The second-order valence-corrected chi connectivity index (χ2v) is 3.34. The number of nitrogens with zero attached hydrogens (tertiary/aromatic N) is 2. The number of hydrogen-bond acceptors (Lipinski definition) is 5. The fourth-order valence-corrected chi connectivity index (χ4v) is 1.41. The Bertz CT molecular complexity index is 600. The van der Waals surface area contributed by atoms with E-state index in [1.54, 1.807) is 0 Å². The van der Waals surface area contributed by atoms with E-state index in [1.165, 1.54) is 7.05 Å². The van der Waals surface area contributed by atoms with E-state index in [0.29, 0.717) is 0 Å². The molecular weight excluding hydrogens is 270 g/mol. The molecule has 5 nitrogen and oxygen atoms in total. The average Bonchev–Trinajstić information content (AvgIpc) is 2.86. The van der Waals surface area contributed by atoms with Gasteiger partial charge in [-0.15, -0.1) is 0 Å². The maximum atomic E-state index is 13.7. The van der Waals surface area contributed by atoms with Gasteiger partial charge in [-0.3, -0.25) is 0 Å². The SMILES string of the molecule is CNc1noc(-c2c(F)c(F)c(OC)c(F)c2F)n1. The number of methoxy groups -OCH3 is 1. The summed E-state index contributed by atoms with van der Waals surface area (Å²) in [5, 5.41) is 5.72. The fraction of sp³-hybridized carbons (Fsp3) is 0.200. The van der Waals surface area contributed by atoms with Crippen LogP contribution in [0.1, 0.15) is 0 Å². The predicted octanol–water partition coefficient (Wildman–Crippen LogP) is 2.34. The molecule has 2 rings (SSSR count). The molecule has 0 fully saturated rings. The molecule has 0 unspecified atom stereocenters. The Kier molecular flexibility index (Phi) is 3.28. The Morgan fingerprint density at radius 3 is 2.05 bits per heavy atom. The zero-order valence-corrected chi connectivity index (χ0v) is 9.72. The van der Waals surface area contributed by atoms with Crippen molar-refractivity contribution in [2.75, 3.05) is 19.5 Å². The highest BCUT2D eigenvalue weighted by Gasteiger charge is 2.30. The highest BCUT2D eigenvalue weighted by Crippen LogP contribution is 2.35. The van der Waals surface area contributed by atoms with Crippen molar-refractivity contribution in [3.05, 3.63) is 23.3 Å². The third-order valence-corrected chi connectivity index (χ3v) is 2.29. The summed E-state index contributed by atoms with van der Waals surface area (Å²) in [6.07, 6.45) is 0. The van der Waals surface area contributed by atoms with Crippen molar-refractivity contribution < 1.29 is 26.8 Å². The van der Waals surface area contributed by atoms with Gasteiger partial charge in [0.2, 0.25) is 11.6 Å². The molecule has 0 aliphatic rings. The monoisotopic (exact) mass is 277 g/mol. The summed E-state index contributed by atoms with van der Waals surface area (Å²) in [6.45, 7) is 0. The summed E-state index contributed by atoms with van der Waals surface area (Å²) in [6, 6.07) is 0. The number of rotatable bonds is 3. The van der Waals surface area contributed by atoms with Crippen LogP contribution in [0.4, 0.5) is 23.5 Å². The maximum Gasteiger partial charge on any atom is 0.265 e. The van der Waals surface area contributed by atoms with E-state index >= 15 is 0 Å². The van der Waals surface area contributed by atoms with E-state index < -0.39 is 40.5 Å². The third kappa shape index (κ3) is 1.96. The maximum absolute atomic E-state index is 13.7. The molecule has 0 aliphatic heterocycles. The van der Waals surface area contributed by atoms with Crippen molar-refractivity contribution in [2.45, 2.75) is 0 Å². The highest BCUT2D eigenvalue weighted by atomic mass is 19.2. The van der Waals surface area contributed by atoms with Crippen LogP contribution in [0.25, 0.3) is 11.5 Å². The van der Waals surface area contributed by atoms with E-state index in [9.17, 15) is 17.6 Å². The zero-order valence-electron chi connectivity index (χ0n) is 9.72. The molecule has 1 N–H and O–H groups in total. The van der Waals surface area contributed by atoms with Gasteiger partial charge < -0.3 is 14.6 Å². The number of aromatic nitrogens is 2. The fourth-order valence-electron chi connectivity index (χ4n) is 1.41. The van der Waals surface area contributed by atoms with E-state index in [0.717, 1.165) is 7.11 Å². The van der Waals surface area contributed by atoms with Crippen LogP contribution in [0.3, 0.4) is 0 Å². The summed E-state index contributed by atoms with van der Waals surface area (Å²) in [4.78, 5) is 3.52. The number of nitrogens with one attached hydrogen (secondary N) is 1. The van der Waals surface area contributed by atoms with Gasteiger partial charge in [0.05, 0.1) is 7.11 Å². The van der Waals surface area contributed by atoms with Crippen molar-refractivity contribution in [1.82, 2.24) is 10.1 Å². The quantitative estimate of drug-likeness (QED) is 0.689. The van der Waals surface area contributed by atoms with E-state index in [-0.39, 0.29) is 5.95 Å². The minimum atomic E-state index is -1.68. The van der Waals surface area contributed by atoms with Crippen LogP contribution < -0.4 is 10.1 Å². The molecule has 1 aromatic carbocycles. The first-order chi connectivity index (χ1) is 9.01. The van der Waals surface area contributed by atoms with Crippen LogP contribution >= 0.6 is 0 Å². The van der Waals surface area contributed by atoms with Crippen molar-refractivity contribution in [2.24, 2.45) is 0 Å². The molecule has 0 saturated heterocycles. The molecule has 0 spiro atoms. The van der Waals surface area contributed by atoms with Crippen molar-refractivity contribution in [1.29, 1.82) is 0 Å². The van der Waals surface area contributed by atoms with Crippen LogP contribution in [-0.2, 0) is 0 Å². The second-order valence-electron chi connectivity index (χ2n) is 3.34. The van der Waals surface area contributed by atoms with Crippen LogP contribution in [0.2, 0.25) is 0 Å². The molecule has 1 heterocycles. The molecule has 0 amide bonds. The lowest BCUT2D eigenvalue weighted by molar-refractivity contribution is 0.331. The molecule has 0 atom stereocenters. The molecule has 19 heavy (non-hydrogen) atoms. The van der Waals surface area contributed by atoms with Crippen molar-refractivity contribution in [3.63, 3.8) is 0 Å². The smallest absolute Gasteiger partial charge is 0.265 e. The van der Waals surface area contributed by atoms with Crippen LogP contribution in [-0.4, -0.2) is 24.3 Å². The van der Waals surface area contributed by atoms with Crippen LogP contribution in [0.5, 0.6) is 5.75 Å². The first-order valence-electron chi connectivity index (χ1n) is 4.93. The molecular formula is C10H7F4N3O2. The summed E-state index contributed by atoms with van der Waals surface area (Å²) < 4.78 is 63.0. The van der Waals surface area contributed by atoms with Gasteiger partial charge in [0.15, 0.2) is 17.4 Å². The standard InChI is InChI=1S/C10H7F4N3O2/c1-15-10-16-9(19-17-10)3-4(11)6(13)8(18-2)7(14)5(3)12/h1-2H3,(H,15,17). The Morgan fingerprint density at radius 1 is 1.05 bits per heavy atom. The number of anilines is 1. The number of benzene rings is 1. The van der Waals surface area contributed by atoms with E-state index in [4.69, 9.17) is 0 Å². The molecule has 0 radical (unpaired) electrons. The molecule has 2 aromatic rings.